The maximum atomic E-state index is 14.6. The molecular formula is C34H44N4O5. The number of alkyl carbamates (subject to hydrolysis) is 1. The highest BCUT2D eigenvalue weighted by Gasteiger charge is 2.51. The SMILES string of the molecule is CCC1=NC(N)(C(=O)[C@H](Cc2ccccc2)NC(=O)OC(C)(C)C)C(=O)N(CC(=O)C2CCCCC2)c2c(C)cccc21. The van der Waals surface area contributed by atoms with Gasteiger partial charge >= 0.3 is 6.09 Å². The number of hydrogen-bond acceptors (Lipinski definition) is 7. The molecule has 1 heterocycles. The Bertz CT molecular complexity index is 1390. The summed E-state index contributed by atoms with van der Waals surface area (Å²) in [6.07, 6.45) is 4.25. The van der Waals surface area contributed by atoms with Gasteiger partial charge in [0.2, 0.25) is 11.4 Å². The summed E-state index contributed by atoms with van der Waals surface area (Å²) in [5, 5.41) is 2.66. The summed E-state index contributed by atoms with van der Waals surface area (Å²) >= 11 is 0. The van der Waals surface area contributed by atoms with Gasteiger partial charge in [-0.25, -0.2) is 9.79 Å². The number of nitrogens with two attached hydrogens (primary N) is 1. The number of benzodiazepines with no additional fused rings is 1. The van der Waals surface area contributed by atoms with Crippen LogP contribution in [0.25, 0.3) is 0 Å². The smallest absolute Gasteiger partial charge is 0.408 e. The molecule has 0 bridgehead atoms. The number of para-hydroxylation sites is 1. The van der Waals surface area contributed by atoms with Crippen LogP contribution in [0.3, 0.4) is 0 Å². The van der Waals surface area contributed by atoms with Gasteiger partial charge in [-0.15, -0.1) is 0 Å². The van der Waals surface area contributed by atoms with E-state index in [0.29, 0.717) is 23.4 Å². The van der Waals surface area contributed by atoms with Gasteiger partial charge in [0.25, 0.3) is 5.91 Å². The van der Waals surface area contributed by atoms with E-state index in [0.717, 1.165) is 43.2 Å². The Morgan fingerprint density at radius 1 is 1.07 bits per heavy atom. The summed E-state index contributed by atoms with van der Waals surface area (Å²) in [7, 11) is 0. The van der Waals surface area contributed by atoms with Crippen LogP contribution in [0.5, 0.6) is 0 Å². The molecule has 1 saturated carbocycles. The number of nitrogens with one attached hydrogen (secondary N) is 1. The van der Waals surface area contributed by atoms with Crippen molar-refractivity contribution in [3.8, 4) is 0 Å². The van der Waals surface area contributed by atoms with E-state index in [-0.39, 0.29) is 24.7 Å². The summed E-state index contributed by atoms with van der Waals surface area (Å²) in [6.45, 7) is 8.70. The van der Waals surface area contributed by atoms with Crippen molar-refractivity contribution < 1.29 is 23.9 Å². The molecule has 2 aromatic carbocycles. The fourth-order valence-corrected chi connectivity index (χ4v) is 5.94. The van der Waals surface area contributed by atoms with Crippen LogP contribution in [0.15, 0.2) is 53.5 Å². The minimum absolute atomic E-state index is 0.0512. The molecule has 43 heavy (non-hydrogen) atoms. The molecular weight excluding hydrogens is 544 g/mol. The summed E-state index contributed by atoms with van der Waals surface area (Å²) in [5.41, 5.74) is 6.81. The van der Waals surface area contributed by atoms with E-state index in [1.165, 1.54) is 4.90 Å². The summed E-state index contributed by atoms with van der Waals surface area (Å²) < 4.78 is 5.46. The lowest BCUT2D eigenvalue weighted by molar-refractivity contribution is -0.136. The number of nitrogens with zero attached hydrogens (tertiary/aromatic N) is 2. The molecule has 0 saturated heterocycles. The Balaban J connectivity index is 1.79. The monoisotopic (exact) mass is 588 g/mol. The average molecular weight is 589 g/mol. The number of carbonyl (C=O) groups excluding carboxylic acids is 4. The molecule has 0 spiro atoms. The molecule has 1 unspecified atom stereocenters. The van der Waals surface area contributed by atoms with Crippen molar-refractivity contribution in [2.45, 2.75) is 96.9 Å². The lowest BCUT2D eigenvalue weighted by atomic mass is 9.85. The van der Waals surface area contributed by atoms with Gasteiger partial charge in [0.15, 0.2) is 5.78 Å². The first kappa shape index (κ1) is 32.1. The number of aliphatic imine (C=N–C) groups is 1. The quantitative estimate of drug-likeness (QED) is 0.394. The lowest BCUT2D eigenvalue weighted by Crippen LogP contribution is -2.65. The Morgan fingerprint density at radius 2 is 1.74 bits per heavy atom. The second kappa shape index (κ2) is 13.2. The van der Waals surface area contributed by atoms with Gasteiger partial charge in [0.05, 0.1) is 18.3 Å². The number of anilines is 1. The Labute approximate surface area is 254 Å². The molecule has 9 nitrogen and oxygen atoms in total. The average Bonchev–Trinajstić information content (AvgIpc) is 3.06. The first-order valence-corrected chi connectivity index (χ1v) is 15.2. The fourth-order valence-electron chi connectivity index (χ4n) is 5.94. The van der Waals surface area contributed by atoms with Crippen molar-refractivity contribution in [3.05, 3.63) is 65.2 Å². The minimum atomic E-state index is -2.39. The van der Waals surface area contributed by atoms with Gasteiger partial charge < -0.3 is 15.0 Å². The summed E-state index contributed by atoms with van der Waals surface area (Å²) in [6, 6.07) is 13.5. The van der Waals surface area contributed by atoms with E-state index < -0.39 is 35.1 Å². The van der Waals surface area contributed by atoms with Crippen molar-refractivity contribution in [1.82, 2.24) is 5.32 Å². The van der Waals surface area contributed by atoms with Gasteiger partial charge in [-0.1, -0.05) is 74.7 Å². The first-order chi connectivity index (χ1) is 20.3. The predicted octanol–water partition coefficient (Wildman–Crippen LogP) is 5.05. The van der Waals surface area contributed by atoms with E-state index in [9.17, 15) is 19.2 Å². The minimum Gasteiger partial charge on any atom is -0.444 e. The molecule has 2 amide bonds. The molecule has 2 aliphatic rings. The number of Topliss-reactive ketones (excluding diaryl/α,β-unsaturated/α-hetero) is 2. The molecule has 2 atom stereocenters. The first-order valence-electron chi connectivity index (χ1n) is 15.2. The molecule has 1 aliphatic carbocycles. The summed E-state index contributed by atoms with van der Waals surface area (Å²) in [5.74, 6) is -1.76. The van der Waals surface area contributed by atoms with E-state index in [4.69, 9.17) is 10.5 Å². The van der Waals surface area contributed by atoms with Gasteiger partial charge in [-0.3, -0.25) is 20.1 Å². The van der Waals surface area contributed by atoms with E-state index in [1.54, 1.807) is 20.8 Å². The highest BCUT2D eigenvalue weighted by Crippen LogP contribution is 2.34. The van der Waals surface area contributed by atoms with Crippen molar-refractivity contribution >= 4 is 35.0 Å². The van der Waals surface area contributed by atoms with Crippen molar-refractivity contribution in [2.24, 2.45) is 16.6 Å². The highest BCUT2D eigenvalue weighted by atomic mass is 16.6. The van der Waals surface area contributed by atoms with Gasteiger partial charge in [0.1, 0.15) is 5.60 Å². The zero-order valence-corrected chi connectivity index (χ0v) is 25.9. The molecule has 0 radical (unpaired) electrons. The zero-order valence-electron chi connectivity index (χ0n) is 25.9. The zero-order chi connectivity index (χ0) is 31.4. The number of benzene rings is 2. The number of rotatable bonds is 9. The van der Waals surface area contributed by atoms with Crippen molar-refractivity contribution in [1.29, 1.82) is 0 Å². The maximum absolute atomic E-state index is 14.6. The largest absolute Gasteiger partial charge is 0.444 e. The maximum Gasteiger partial charge on any atom is 0.408 e. The molecule has 1 fully saturated rings. The van der Waals surface area contributed by atoms with Crippen LogP contribution in [-0.2, 0) is 25.5 Å². The number of aryl methyl sites for hydroxylation is 1. The van der Waals surface area contributed by atoms with Crippen LogP contribution in [0, 0.1) is 12.8 Å². The number of amides is 2. The Kier molecular flexibility index (Phi) is 9.85. The van der Waals surface area contributed by atoms with E-state index in [1.807, 2.05) is 62.4 Å². The topological polar surface area (TPSA) is 131 Å². The molecule has 9 heteroatoms. The molecule has 2 aromatic rings. The number of hydrogen-bond donors (Lipinski definition) is 2. The Morgan fingerprint density at radius 3 is 2.37 bits per heavy atom. The van der Waals surface area contributed by atoms with Gasteiger partial charge in [0, 0.05) is 23.6 Å². The number of ether oxygens (including phenoxy) is 1. The standard InChI is InChI=1S/C34H44N4O5/c1-6-26-25-19-13-14-22(2)29(25)38(21-28(39)24-17-11-8-12-18-24)31(41)34(35,37-26)30(40)27(20-23-15-9-7-10-16-23)36-32(42)43-33(3,4)5/h7,9-10,13-16,19,24,27H,6,8,11-12,17-18,20-21,35H2,1-5H3,(H,36,42)/t27-,34?/m0/s1. The molecule has 0 aromatic heterocycles. The van der Waals surface area contributed by atoms with Crippen LogP contribution in [-0.4, -0.2) is 53.1 Å². The van der Waals surface area contributed by atoms with Gasteiger partial charge in [-0.05, 0) is 58.1 Å². The second-order valence-corrected chi connectivity index (χ2v) is 12.6. The molecule has 4 rings (SSSR count). The van der Waals surface area contributed by atoms with Gasteiger partial charge in [-0.2, -0.15) is 0 Å². The fraction of sp³-hybridized carbons (Fsp3) is 0.500. The van der Waals surface area contributed by atoms with E-state index >= 15 is 0 Å². The van der Waals surface area contributed by atoms with Crippen LogP contribution in [0.4, 0.5) is 10.5 Å². The third kappa shape index (κ3) is 7.39. The van der Waals surface area contributed by atoms with Crippen molar-refractivity contribution in [3.63, 3.8) is 0 Å². The third-order valence-corrected chi connectivity index (χ3v) is 8.08. The third-order valence-electron chi connectivity index (χ3n) is 8.08. The number of carbonyl (C=O) groups is 4. The normalized spacial score (nSPS) is 20.0. The van der Waals surface area contributed by atoms with E-state index in [2.05, 4.69) is 10.3 Å². The van der Waals surface area contributed by atoms with Crippen LogP contribution in [0.2, 0.25) is 0 Å². The number of ketones is 2. The van der Waals surface area contributed by atoms with Crippen LogP contribution in [0.1, 0.15) is 82.9 Å². The number of fused-ring (bicyclic) bond motifs is 1. The van der Waals surface area contributed by atoms with Crippen molar-refractivity contribution in [2.75, 3.05) is 11.4 Å². The molecule has 3 N–H and O–H groups in total. The highest BCUT2D eigenvalue weighted by molar-refractivity contribution is 6.24. The predicted molar refractivity (Wildman–Crippen MR) is 167 cm³/mol. The second-order valence-electron chi connectivity index (χ2n) is 12.6. The summed E-state index contributed by atoms with van der Waals surface area (Å²) in [4.78, 5) is 61.6. The molecule has 1 aliphatic heterocycles. The Hall–Kier alpha value is -3.85. The van der Waals surface area contributed by atoms with Crippen LogP contribution < -0.4 is 16.0 Å². The molecule has 230 valence electrons. The van der Waals surface area contributed by atoms with Crippen LogP contribution >= 0.6 is 0 Å². The lowest BCUT2D eigenvalue weighted by Gasteiger charge is -2.33.